The minimum absolute atomic E-state index is 0.00641. The van der Waals surface area contributed by atoms with Gasteiger partial charge < -0.3 is 0 Å². The lowest BCUT2D eigenvalue weighted by Crippen LogP contribution is -2.22. The average molecular weight is 352 g/mol. The molecule has 0 amide bonds. The van der Waals surface area contributed by atoms with E-state index in [1.165, 1.54) is 24.3 Å². The van der Waals surface area contributed by atoms with Crippen molar-refractivity contribution in [3.8, 4) is 0 Å². The lowest BCUT2D eigenvalue weighted by molar-refractivity contribution is 0.582. The van der Waals surface area contributed by atoms with Crippen molar-refractivity contribution in [1.82, 2.24) is 4.72 Å². The van der Waals surface area contributed by atoms with Gasteiger partial charge in [-0.05, 0) is 24.3 Å². The van der Waals surface area contributed by atoms with Gasteiger partial charge in [0.25, 0.3) is 9.05 Å². The van der Waals surface area contributed by atoms with Crippen LogP contribution in [-0.4, -0.2) is 16.8 Å². The van der Waals surface area contributed by atoms with Crippen molar-refractivity contribution in [1.29, 1.82) is 0 Å². The summed E-state index contributed by atoms with van der Waals surface area (Å²) in [5.41, 5.74) is 0. The number of sulfonamides is 1. The molecule has 5 nitrogen and oxygen atoms in total. The highest BCUT2D eigenvalue weighted by Gasteiger charge is 2.16. The Morgan fingerprint density at radius 3 is 2.20 bits per heavy atom. The predicted molar refractivity (Wildman–Crippen MR) is 77.8 cm³/mol. The number of nitrogens with one attached hydrogen (secondary N) is 1. The zero-order chi connectivity index (χ0) is 14.8. The molecule has 1 aromatic heterocycles. The number of hydrogen-bond donors (Lipinski definition) is 1. The Hall–Kier alpha value is -0.930. The van der Waals surface area contributed by atoms with Crippen LogP contribution < -0.4 is 4.72 Å². The van der Waals surface area contributed by atoms with Crippen LogP contribution in [0.3, 0.4) is 0 Å². The maximum atomic E-state index is 12.0. The zero-order valence-electron chi connectivity index (χ0n) is 9.98. The molecule has 0 aliphatic heterocycles. The van der Waals surface area contributed by atoms with Crippen LogP contribution in [0.4, 0.5) is 0 Å². The normalized spacial score (nSPS) is 12.4. The Morgan fingerprint density at radius 2 is 1.65 bits per heavy atom. The summed E-state index contributed by atoms with van der Waals surface area (Å²) in [6.45, 7) is 0.00824. The summed E-state index contributed by atoms with van der Waals surface area (Å²) in [5, 5.41) is 0. The van der Waals surface area contributed by atoms with E-state index in [9.17, 15) is 16.8 Å². The lowest BCUT2D eigenvalue weighted by atomic mass is 10.4. The molecule has 0 unspecified atom stereocenters. The second kappa shape index (κ2) is 5.82. The Bertz CT molecular complexity index is 797. The van der Waals surface area contributed by atoms with Crippen molar-refractivity contribution >= 4 is 41.1 Å². The monoisotopic (exact) mass is 351 g/mol. The summed E-state index contributed by atoms with van der Waals surface area (Å²) in [4.78, 5) is 0.713. The number of benzene rings is 1. The van der Waals surface area contributed by atoms with Crippen LogP contribution in [0.1, 0.15) is 4.88 Å². The van der Waals surface area contributed by atoms with Crippen LogP contribution >= 0.6 is 22.0 Å². The van der Waals surface area contributed by atoms with Crippen LogP contribution in [0.25, 0.3) is 0 Å². The number of thiophene rings is 1. The molecule has 0 atom stereocenters. The third-order valence-corrected chi connectivity index (χ3v) is 6.96. The number of halogens is 1. The van der Waals surface area contributed by atoms with E-state index in [4.69, 9.17) is 10.7 Å². The van der Waals surface area contributed by atoms with Gasteiger partial charge in [-0.15, -0.1) is 11.3 Å². The molecule has 0 saturated carbocycles. The fourth-order valence-electron chi connectivity index (χ4n) is 1.43. The molecule has 9 heteroatoms. The second-order valence-corrected chi connectivity index (χ2v) is 9.52. The summed E-state index contributed by atoms with van der Waals surface area (Å²) in [5.74, 6) is 0. The Balaban J connectivity index is 2.11. The molecule has 0 radical (unpaired) electrons. The molecule has 1 N–H and O–H groups in total. The van der Waals surface area contributed by atoms with E-state index in [1.54, 1.807) is 18.2 Å². The molecule has 0 spiro atoms. The van der Waals surface area contributed by atoms with E-state index in [2.05, 4.69) is 4.72 Å². The van der Waals surface area contributed by atoms with Gasteiger partial charge in [0.05, 0.1) is 4.90 Å². The highest BCUT2D eigenvalue weighted by Crippen LogP contribution is 2.24. The van der Waals surface area contributed by atoms with E-state index >= 15 is 0 Å². The first-order valence-corrected chi connectivity index (χ1v) is 9.98. The van der Waals surface area contributed by atoms with E-state index in [1.807, 2.05) is 0 Å². The zero-order valence-corrected chi connectivity index (χ0v) is 13.2. The van der Waals surface area contributed by atoms with Crippen LogP contribution in [0.5, 0.6) is 0 Å². The Labute approximate surface area is 125 Å². The molecule has 0 saturated heterocycles. The van der Waals surface area contributed by atoms with Gasteiger partial charge in [0.2, 0.25) is 10.0 Å². The Morgan fingerprint density at radius 1 is 1.00 bits per heavy atom. The first-order chi connectivity index (χ1) is 9.29. The van der Waals surface area contributed by atoms with Gasteiger partial charge in [-0.1, -0.05) is 18.2 Å². The van der Waals surface area contributed by atoms with Crippen LogP contribution in [0.15, 0.2) is 51.6 Å². The fraction of sp³-hybridized carbons (Fsp3) is 0.0909. The maximum absolute atomic E-state index is 12.0. The summed E-state index contributed by atoms with van der Waals surface area (Å²) in [6, 6.07) is 10.8. The highest BCUT2D eigenvalue weighted by atomic mass is 35.7. The maximum Gasteiger partial charge on any atom is 0.270 e. The predicted octanol–water partition coefficient (Wildman–Crippen LogP) is 2.15. The Kier molecular flexibility index (Phi) is 4.50. The molecule has 20 heavy (non-hydrogen) atoms. The van der Waals surface area contributed by atoms with Crippen molar-refractivity contribution in [2.24, 2.45) is 0 Å². The standard InChI is InChI=1S/C11H10ClNO4S3/c12-19(14,15)11-7-6-9(18-11)8-13-20(16,17)10-4-2-1-3-5-10/h1-7,13H,8H2. The quantitative estimate of drug-likeness (QED) is 0.837. The first kappa shape index (κ1) is 15.5. The topological polar surface area (TPSA) is 80.3 Å². The molecule has 1 aromatic carbocycles. The van der Waals surface area contributed by atoms with Gasteiger partial charge in [0.1, 0.15) is 4.21 Å². The number of hydrogen-bond acceptors (Lipinski definition) is 5. The molecule has 0 bridgehead atoms. The second-order valence-electron chi connectivity index (χ2n) is 3.80. The molecule has 0 aliphatic rings. The summed E-state index contributed by atoms with van der Waals surface area (Å²) < 4.78 is 48.5. The van der Waals surface area contributed by atoms with Crippen LogP contribution in [-0.2, 0) is 25.6 Å². The minimum Gasteiger partial charge on any atom is -0.207 e. The fourth-order valence-corrected chi connectivity index (χ4v) is 4.61. The molecule has 0 fully saturated rings. The van der Waals surface area contributed by atoms with Gasteiger partial charge in [-0.3, -0.25) is 0 Å². The van der Waals surface area contributed by atoms with Gasteiger partial charge in [0, 0.05) is 22.1 Å². The number of rotatable bonds is 5. The van der Waals surface area contributed by atoms with Crippen LogP contribution in [0.2, 0.25) is 0 Å². The molecular weight excluding hydrogens is 342 g/mol. The van der Waals surface area contributed by atoms with Gasteiger partial charge in [-0.2, -0.15) is 0 Å². The van der Waals surface area contributed by atoms with Gasteiger partial charge >= 0.3 is 0 Å². The molecule has 2 rings (SSSR count). The summed E-state index contributed by atoms with van der Waals surface area (Å²) in [6.07, 6.45) is 0. The smallest absolute Gasteiger partial charge is 0.207 e. The van der Waals surface area contributed by atoms with Crippen molar-refractivity contribution in [3.63, 3.8) is 0 Å². The van der Waals surface area contributed by atoms with Crippen molar-refractivity contribution < 1.29 is 16.8 Å². The van der Waals surface area contributed by atoms with Crippen molar-refractivity contribution in [2.75, 3.05) is 0 Å². The van der Waals surface area contributed by atoms with Crippen molar-refractivity contribution in [2.45, 2.75) is 15.6 Å². The van der Waals surface area contributed by atoms with E-state index in [0.717, 1.165) is 11.3 Å². The molecular formula is C11H10ClNO4S3. The largest absolute Gasteiger partial charge is 0.270 e. The molecule has 0 aliphatic carbocycles. The molecule has 108 valence electrons. The minimum atomic E-state index is -3.77. The third kappa shape index (κ3) is 3.80. The summed E-state index contributed by atoms with van der Waals surface area (Å²) in [7, 11) is -2.18. The average Bonchev–Trinajstić information content (AvgIpc) is 2.86. The third-order valence-electron chi connectivity index (χ3n) is 2.37. The van der Waals surface area contributed by atoms with E-state index in [-0.39, 0.29) is 15.6 Å². The highest BCUT2D eigenvalue weighted by molar-refractivity contribution is 8.15. The van der Waals surface area contributed by atoms with E-state index < -0.39 is 19.1 Å². The first-order valence-electron chi connectivity index (χ1n) is 5.37. The van der Waals surface area contributed by atoms with E-state index in [0.29, 0.717) is 4.88 Å². The molecule has 2 aromatic rings. The van der Waals surface area contributed by atoms with Gasteiger partial charge in [-0.25, -0.2) is 21.6 Å². The van der Waals surface area contributed by atoms with Crippen molar-refractivity contribution in [3.05, 3.63) is 47.3 Å². The van der Waals surface area contributed by atoms with Crippen LogP contribution in [0, 0.1) is 0 Å². The summed E-state index contributed by atoms with van der Waals surface area (Å²) >= 11 is 0.929. The SMILES string of the molecule is O=S(=O)(Cl)c1ccc(CNS(=O)(=O)c2ccccc2)s1. The molecule has 1 heterocycles. The lowest BCUT2D eigenvalue weighted by Gasteiger charge is -2.04. The van der Waals surface area contributed by atoms with Gasteiger partial charge in [0.15, 0.2) is 0 Å².